The van der Waals surface area contributed by atoms with Crippen LogP contribution < -0.4 is 11.1 Å². The molecule has 4 amide bonds. The van der Waals surface area contributed by atoms with E-state index in [9.17, 15) is 28.8 Å². The molecule has 0 spiro atoms. The molecule has 17 heteroatoms. The van der Waals surface area contributed by atoms with E-state index in [1.54, 1.807) is 29.8 Å². The summed E-state index contributed by atoms with van der Waals surface area (Å²) in [5.41, 5.74) is 4.72. The smallest absolute Gasteiger partial charge is 0.436 e. The van der Waals surface area contributed by atoms with Crippen LogP contribution in [0.25, 0.3) is 11.1 Å². The van der Waals surface area contributed by atoms with Crippen molar-refractivity contribution >= 4 is 46.9 Å². The van der Waals surface area contributed by atoms with Crippen LogP contribution in [-0.2, 0) is 48.4 Å². The molecule has 1 aromatic heterocycles. The average molecular weight is 863 g/mol. The number of carbonyl (C=O) groups excluding carboxylic acids is 5. The number of para-hydroxylation sites is 1. The average Bonchev–Trinajstić information content (AvgIpc) is 3.42. The van der Waals surface area contributed by atoms with Gasteiger partial charge >= 0.3 is 30.0 Å². The lowest BCUT2D eigenvalue weighted by atomic mass is 9.97. The van der Waals surface area contributed by atoms with Crippen molar-refractivity contribution in [2.75, 3.05) is 64.8 Å². The molecule has 17 nitrogen and oxygen atoms in total. The number of urea groups is 1. The SMILES string of the molecule is CCOC(=O)OC(C)OC(=O)C1CCN(C)CC1.Cc1cc(C[C@@H](OC(=O)N2CCC(N3CCc4ccccc4NC3=O)CC2)C(=O)N2CCC(C)CC2)cc2oc(=O)n(C)c12. The molecule has 0 radical (unpaired) electrons. The van der Waals surface area contributed by atoms with Crippen molar-refractivity contribution in [1.82, 2.24) is 24.2 Å². The number of aromatic nitrogens is 1. The van der Waals surface area contributed by atoms with Gasteiger partial charge in [0, 0.05) is 64.8 Å². The van der Waals surface area contributed by atoms with Crippen molar-refractivity contribution in [3.63, 3.8) is 0 Å². The van der Waals surface area contributed by atoms with Gasteiger partial charge in [0.15, 0.2) is 11.7 Å². The molecule has 62 heavy (non-hydrogen) atoms. The summed E-state index contributed by atoms with van der Waals surface area (Å²) in [6, 6.07) is 11.4. The molecule has 2 atom stereocenters. The molecule has 0 aliphatic carbocycles. The molecular formula is C45H62N6O11. The van der Waals surface area contributed by atoms with Gasteiger partial charge in [-0.25, -0.2) is 19.2 Å². The normalized spacial score (nSPS) is 19.0. The lowest BCUT2D eigenvalue weighted by molar-refractivity contribution is -0.174. The minimum atomic E-state index is -1.00. The van der Waals surface area contributed by atoms with Crippen molar-refractivity contribution < 1.29 is 47.3 Å². The fourth-order valence-corrected chi connectivity index (χ4v) is 8.63. The monoisotopic (exact) mass is 862 g/mol. The third-order valence-electron chi connectivity index (χ3n) is 12.3. The van der Waals surface area contributed by atoms with Gasteiger partial charge in [-0.3, -0.25) is 14.2 Å². The topological polar surface area (TPSA) is 182 Å². The molecule has 1 N–H and O–H groups in total. The number of hydrogen-bond donors (Lipinski definition) is 1. The summed E-state index contributed by atoms with van der Waals surface area (Å²) in [5.74, 6) is -0.511. The first-order valence-electron chi connectivity index (χ1n) is 21.9. The van der Waals surface area contributed by atoms with E-state index in [1.807, 2.05) is 49.2 Å². The van der Waals surface area contributed by atoms with Crippen LogP contribution in [0.5, 0.6) is 0 Å². The second-order valence-electron chi connectivity index (χ2n) is 16.9. The van der Waals surface area contributed by atoms with Crippen molar-refractivity contribution in [2.45, 2.75) is 97.5 Å². The van der Waals surface area contributed by atoms with Crippen LogP contribution in [0.1, 0.15) is 76.0 Å². The first kappa shape index (κ1) is 45.9. The number of oxazole rings is 1. The number of nitrogens with zero attached hydrogens (tertiary/aromatic N) is 5. The molecule has 338 valence electrons. The van der Waals surface area contributed by atoms with E-state index in [4.69, 9.17) is 18.6 Å². The summed E-state index contributed by atoms with van der Waals surface area (Å²) in [6.45, 7) is 12.0. The predicted molar refractivity (Wildman–Crippen MR) is 229 cm³/mol. The molecule has 0 bridgehead atoms. The van der Waals surface area contributed by atoms with E-state index in [0.717, 1.165) is 67.6 Å². The lowest BCUT2D eigenvalue weighted by Crippen LogP contribution is -2.51. The van der Waals surface area contributed by atoms with Crippen LogP contribution in [0.2, 0.25) is 0 Å². The minimum Gasteiger partial charge on any atom is -0.436 e. The number of likely N-dealkylation sites (tertiary alicyclic amines) is 3. The third kappa shape index (κ3) is 11.7. The number of anilines is 1. The Bertz CT molecular complexity index is 2110. The van der Waals surface area contributed by atoms with Crippen LogP contribution in [0.3, 0.4) is 0 Å². The quantitative estimate of drug-likeness (QED) is 0.158. The van der Waals surface area contributed by atoms with E-state index in [2.05, 4.69) is 21.9 Å². The highest BCUT2D eigenvalue weighted by atomic mass is 16.8. The van der Waals surface area contributed by atoms with Gasteiger partial charge in [0.25, 0.3) is 5.91 Å². The zero-order valence-corrected chi connectivity index (χ0v) is 36.9. The Morgan fingerprint density at radius 1 is 0.855 bits per heavy atom. The zero-order valence-electron chi connectivity index (χ0n) is 36.9. The second-order valence-corrected chi connectivity index (χ2v) is 16.9. The van der Waals surface area contributed by atoms with Crippen LogP contribution in [0.4, 0.5) is 20.1 Å². The Morgan fingerprint density at radius 2 is 1.53 bits per heavy atom. The zero-order chi connectivity index (χ0) is 44.5. The molecule has 7 rings (SSSR count). The largest absolute Gasteiger partial charge is 0.511 e. The molecule has 4 aliphatic rings. The van der Waals surface area contributed by atoms with Crippen LogP contribution in [0, 0.1) is 18.8 Å². The number of carbonyl (C=O) groups is 5. The van der Waals surface area contributed by atoms with Gasteiger partial charge in [0.2, 0.25) is 6.29 Å². The maximum absolute atomic E-state index is 13.8. The van der Waals surface area contributed by atoms with Gasteiger partial charge in [-0.05, 0) is 114 Å². The number of rotatable bonds is 9. The summed E-state index contributed by atoms with van der Waals surface area (Å²) in [7, 11) is 3.68. The summed E-state index contributed by atoms with van der Waals surface area (Å²) < 4.78 is 27.3. The molecule has 1 unspecified atom stereocenters. The molecule has 3 aromatic rings. The third-order valence-corrected chi connectivity index (χ3v) is 12.3. The van der Waals surface area contributed by atoms with Gasteiger partial charge < -0.3 is 48.3 Å². The van der Waals surface area contributed by atoms with E-state index < -0.39 is 30.4 Å². The fourth-order valence-electron chi connectivity index (χ4n) is 8.63. The standard InChI is InChI=1S/C33H41N5O6.C12H21NO5/c1-21-8-13-36(14-9-21)30(39)28(20-23-18-22(2)29-27(19-23)43-32(41)35(29)3)44-33(42)37-15-11-25(12-16-37)38-17-10-24-6-4-5-7-26(24)34-31(38)40;1-4-16-12(15)18-9(2)17-11(14)10-5-7-13(3)8-6-10/h4-7,18-19,21,25,28H,8-17,20H2,1-3H3,(H,34,40);9-10H,4-8H2,1-3H3/t28-;/m1./s1. The summed E-state index contributed by atoms with van der Waals surface area (Å²) in [4.78, 5) is 82.7. The van der Waals surface area contributed by atoms with E-state index in [0.29, 0.717) is 62.6 Å². The Morgan fingerprint density at radius 3 is 2.23 bits per heavy atom. The van der Waals surface area contributed by atoms with Gasteiger partial charge in [-0.2, -0.15) is 0 Å². The number of hydrogen-bond acceptors (Lipinski definition) is 12. The van der Waals surface area contributed by atoms with Crippen molar-refractivity contribution in [3.8, 4) is 0 Å². The molecule has 5 heterocycles. The van der Waals surface area contributed by atoms with E-state index in [1.165, 1.54) is 11.5 Å². The van der Waals surface area contributed by atoms with Gasteiger partial charge in [0.05, 0.1) is 18.0 Å². The lowest BCUT2D eigenvalue weighted by Gasteiger charge is -2.38. The number of aryl methyl sites for hydroxylation is 2. The van der Waals surface area contributed by atoms with Crippen molar-refractivity contribution in [1.29, 1.82) is 0 Å². The number of piperidine rings is 3. The summed E-state index contributed by atoms with van der Waals surface area (Å²) in [5, 5.41) is 3.03. The Kier molecular flexibility index (Phi) is 15.6. The van der Waals surface area contributed by atoms with E-state index in [-0.39, 0.29) is 42.9 Å². The van der Waals surface area contributed by atoms with Gasteiger partial charge in [0.1, 0.15) is 0 Å². The highest BCUT2D eigenvalue weighted by Gasteiger charge is 2.36. The maximum atomic E-state index is 13.8. The highest BCUT2D eigenvalue weighted by molar-refractivity contribution is 5.91. The fraction of sp³-hybridized carbons (Fsp3) is 0.600. The van der Waals surface area contributed by atoms with Gasteiger partial charge in [-0.15, -0.1) is 0 Å². The summed E-state index contributed by atoms with van der Waals surface area (Å²) in [6.07, 6.45) is 2.34. The Hall–Kier alpha value is -5.58. The van der Waals surface area contributed by atoms with Crippen LogP contribution >= 0.6 is 0 Å². The molecule has 4 aliphatic heterocycles. The van der Waals surface area contributed by atoms with Crippen molar-refractivity contribution in [3.05, 3.63) is 63.6 Å². The number of nitrogens with one attached hydrogen (secondary N) is 1. The second kappa shape index (κ2) is 21.0. The van der Waals surface area contributed by atoms with Gasteiger partial charge in [-0.1, -0.05) is 31.2 Å². The first-order valence-corrected chi connectivity index (χ1v) is 21.9. The molecule has 3 saturated heterocycles. The Balaban J connectivity index is 0.000000300. The maximum Gasteiger partial charge on any atom is 0.511 e. The predicted octanol–water partition coefficient (Wildman–Crippen LogP) is 5.69. The minimum absolute atomic E-state index is 0.0105. The van der Waals surface area contributed by atoms with Crippen LogP contribution in [-0.4, -0.2) is 132 Å². The number of fused-ring (bicyclic) bond motifs is 2. The van der Waals surface area contributed by atoms with Crippen molar-refractivity contribution in [2.24, 2.45) is 18.9 Å². The number of ether oxygens (including phenoxy) is 4. The Labute approximate surface area is 362 Å². The number of amides is 4. The molecular weight excluding hydrogens is 801 g/mol. The van der Waals surface area contributed by atoms with E-state index >= 15 is 0 Å². The molecule has 0 saturated carbocycles. The highest BCUT2D eigenvalue weighted by Crippen LogP contribution is 2.27. The number of esters is 1. The number of benzene rings is 2. The molecule has 3 fully saturated rings. The first-order chi connectivity index (χ1) is 29.7. The molecule has 2 aromatic carbocycles. The summed E-state index contributed by atoms with van der Waals surface area (Å²) >= 11 is 0. The van der Waals surface area contributed by atoms with Crippen LogP contribution in [0.15, 0.2) is 45.6 Å².